The lowest BCUT2D eigenvalue weighted by Crippen LogP contribution is -2.39. The van der Waals surface area contributed by atoms with Crippen molar-refractivity contribution in [1.29, 1.82) is 0 Å². The number of halogens is 1. The zero-order chi connectivity index (χ0) is 15.2. The number of amides is 2. The highest BCUT2D eigenvalue weighted by atomic mass is 35.5. The predicted octanol–water partition coefficient (Wildman–Crippen LogP) is 2.89. The van der Waals surface area contributed by atoms with E-state index in [0.29, 0.717) is 16.3 Å². The van der Waals surface area contributed by atoms with Crippen LogP contribution in [0.3, 0.4) is 0 Å². The summed E-state index contributed by atoms with van der Waals surface area (Å²) >= 11 is 6.05. The lowest BCUT2D eigenvalue weighted by Gasteiger charge is -2.23. The number of anilines is 1. The monoisotopic (exact) mass is 310 g/mol. The van der Waals surface area contributed by atoms with Crippen LogP contribution < -0.4 is 16.4 Å². The second-order valence-corrected chi connectivity index (χ2v) is 5.52. The molecule has 0 radical (unpaired) electrons. The van der Waals surface area contributed by atoms with Crippen LogP contribution >= 0.6 is 11.6 Å². The Kier molecular flexibility index (Phi) is 5.27. The quantitative estimate of drug-likeness (QED) is 0.299. The number of nitrogens with two attached hydrogens (primary N) is 1. The van der Waals surface area contributed by atoms with Gasteiger partial charge in [-0.15, -0.1) is 0 Å². The Balaban J connectivity index is 2.02. The third-order valence-electron chi connectivity index (χ3n) is 3.56. The molecule has 6 nitrogen and oxygen atoms in total. The molecule has 0 heterocycles. The minimum atomic E-state index is -0.291. The highest BCUT2D eigenvalue weighted by molar-refractivity contribution is 6.33. The molecule has 5 N–H and O–H groups in total. The van der Waals surface area contributed by atoms with E-state index >= 15 is 0 Å². The van der Waals surface area contributed by atoms with Gasteiger partial charge in [0.2, 0.25) is 0 Å². The van der Waals surface area contributed by atoms with Crippen molar-refractivity contribution in [2.45, 2.75) is 38.1 Å². The molecular formula is C14H19ClN4O2. The van der Waals surface area contributed by atoms with Crippen LogP contribution in [0.15, 0.2) is 23.4 Å². The third kappa shape index (κ3) is 4.26. The topological polar surface area (TPSA) is 99.7 Å². The summed E-state index contributed by atoms with van der Waals surface area (Å²) in [6.45, 7) is 0. The van der Waals surface area contributed by atoms with Crippen molar-refractivity contribution in [3.63, 3.8) is 0 Å². The van der Waals surface area contributed by atoms with Gasteiger partial charge in [-0.2, -0.15) is 0 Å². The molecule has 1 saturated carbocycles. The maximum absolute atomic E-state index is 12.0. The van der Waals surface area contributed by atoms with E-state index in [4.69, 9.17) is 22.5 Å². The first-order valence-corrected chi connectivity index (χ1v) is 7.33. The van der Waals surface area contributed by atoms with Gasteiger partial charge in [-0.05, 0) is 31.0 Å². The summed E-state index contributed by atoms with van der Waals surface area (Å²) in [5.74, 6) is -0.0394. The zero-order valence-corrected chi connectivity index (χ0v) is 12.4. The van der Waals surface area contributed by atoms with E-state index in [9.17, 15) is 4.79 Å². The van der Waals surface area contributed by atoms with E-state index in [0.717, 1.165) is 25.7 Å². The molecule has 0 bridgehead atoms. The summed E-state index contributed by atoms with van der Waals surface area (Å²) in [5.41, 5.74) is 6.43. The Bertz CT molecular complexity index is 542. The number of amidine groups is 1. The van der Waals surface area contributed by atoms with Crippen LogP contribution in [0.1, 0.15) is 37.7 Å². The number of urea groups is 1. The average Bonchev–Trinajstić information content (AvgIpc) is 2.49. The highest BCUT2D eigenvalue weighted by Crippen LogP contribution is 2.23. The summed E-state index contributed by atoms with van der Waals surface area (Å²) in [5, 5.41) is 17.6. The first-order chi connectivity index (χ1) is 10.1. The number of hydrogen-bond donors (Lipinski definition) is 4. The van der Waals surface area contributed by atoms with Crippen LogP contribution in [-0.2, 0) is 0 Å². The minimum absolute atomic E-state index is 0.0394. The molecule has 0 atom stereocenters. The van der Waals surface area contributed by atoms with E-state index in [1.54, 1.807) is 18.2 Å². The lowest BCUT2D eigenvalue weighted by molar-refractivity contribution is 0.244. The van der Waals surface area contributed by atoms with E-state index in [2.05, 4.69) is 15.8 Å². The van der Waals surface area contributed by atoms with Gasteiger partial charge in [-0.25, -0.2) is 4.79 Å². The van der Waals surface area contributed by atoms with E-state index in [-0.39, 0.29) is 17.9 Å². The van der Waals surface area contributed by atoms with Crippen molar-refractivity contribution in [2.24, 2.45) is 10.9 Å². The Labute approximate surface area is 128 Å². The van der Waals surface area contributed by atoms with Crippen LogP contribution in [0.4, 0.5) is 10.5 Å². The Morgan fingerprint density at radius 1 is 1.33 bits per heavy atom. The summed E-state index contributed by atoms with van der Waals surface area (Å²) < 4.78 is 0. The number of carbonyl (C=O) groups excluding carboxylic acids is 1. The Morgan fingerprint density at radius 3 is 2.71 bits per heavy atom. The van der Waals surface area contributed by atoms with E-state index in [1.165, 1.54) is 6.42 Å². The van der Waals surface area contributed by atoms with Crippen LogP contribution in [-0.4, -0.2) is 23.1 Å². The second kappa shape index (κ2) is 7.17. The molecule has 21 heavy (non-hydrogen) atoms. The van der Waals surface area contributed by atoms with E-state index in [1.807, 2.05) is 0 Å². The molecule has 1 aliphatic rings. The van der Waals surface area contributed by atoms with E-state index < -0.39 is 0 Å². The first kappa shape index (κ1) is 15.4. The number of nitrogens with one attached hydrogen (secondary N) is 2. The van der Waals surface area contributed by atoms with Crippen molar-refractivity contribution in [1.82, 2.24) is 5.32 Å². The first-order valence-electron chi connectivity index (χ1n) is 6.95. The van der Waals surface area contributed by atoms with Gasteiger partial charge in [0, 0.05) is 11.6 Å². The molecule has 0 unspecified atom stereocenters. The number of oxime groups is 1. The van der Waals surface area contributed by atoms with Crippen molar-refractivity contribution < 1.29 is 10.0 Å². The molecule has 1 aliphatic carbocycles. The van der Waals surface area contributed by atoms with Gasteiger partial charge in [0.25, 0.3) is 0 Å². The lowest BCUT2D eigenvalue weighted by atomic mass is 9.96. The zero-order valence-electron chi connectivity index (χ0n) is 11.6. The van der Waals surface area contributed by atoms with Crippen LogP contribution in [0, 0.1) is 0 Å². The summed E-state index contributed by atoms with van der Waals surface area (Å²) in [6.07, 6.45) is 5.53. The van der Waals surface area contributed by atoms with Crippen molar-refractivity contribution in [3.05, 3.63) is 28.8 Å². The molecule has 0 spiro atoms. The maximum atomic E-state index is 12.0. The average molecular weight is 311 g/mol. The van der Waals surface area contributed by atoms with Crippen molar-refractivity contribution >= 4 is 29.2 Å². The largest absolute Gasteiger partial charge is 0.409 e. The van der Waals surface area contributed by atoms with Gasteiger partial charge in [-0.3, -0.25) is 0 Å². The minimum Gasteiger partial charge on any atom is -0.409 e. The van der Waals surface area contributed by atoms with Gasteiger partial charge < -0.3 is 21.6 Å². The molecule has 1 aromatic carbocycles. The molecule has 0 aromatic heterocycles. The molecule has 114 valence electrons. The number of hydrogen-bond acceptors (Lipinski definition) is 3. The maximum Gasteiger partial charge on any atom is 0.319 e. The van der Waals surface area contributed by atoms with Crippen LogP contribution in [0.5, 0.6) is 0 Å². The van der Waals surface area contributed by atoms with Crippen LogP contribution in [0.25, 0.3) is 0 Å². The molecule has 7 heteroatoms. The van der Waals surface area contributed by atoms with Gasteiger partial charge in [0.15, 0.2) is 5.84 Å². The van der Waals surface area contributed by atoms with Gasteiger partial charge in [0.05, 0.1) is 10.7 Å². The standard InChI is InChI=1S/C14H19ClN4O2/c15-11-7-6-9(13(16)19-21)8-12(11)18-14(20)17-10-4-2-1-3-5-10/h6-8,10,21H,1-5H2,(H2,16,19)(H2,17,18,20). The molecule has 1 aromatic rings. The molecule has 2 rings (SSSR count). The Hall–Kier alpha value is -1.95. The molecule has 0 aliphatic heterocycles. The SMILES string of the molecule is N/C(=N/O)c1ccc(Cl)c(NC(=O)NC2CCCCC2)c1. The summed E-state index contributed by atoms with van der Waals surface area (Å²) in [4.78, 5) is 12.0. The smallest absolute Gasteiger partial charge is 0.319 e. The molecule has 2 amide bonds. The highest BCUT2D eigenvalue weighted by Gasteiger charge is 2.16. The fraction of sp³-hybridized carbons (Fsp3) is 0.429. The van der Waals surface area contributed by atoms with Gasteiger partial charge >= 0.3 is 6.03 Å². The number of nitrogens with zero attached hydrogens (tertiary/aromatic N) is 1. The second-order valence-electron chi connectivity index (χ2n) is 5.11. The van der Waals surface area contributed by atoms with Crippen LogP contribution in [0.2, 0.25) is 5.02 Å². The fourth-order valence-corrected chi connectivity index (χ4v) is 2.59. The van der Waals surface area contributed by atoms with Crippen molar-refractivity contribution in [2.75, 3.05) is 5.32 Å². The summed E-state index contributed by atoms with van der Waals surface area (Å²) in [7, 11) is 0. The third-order valence-corrected chi connectivity index (χ3v) is 3.89. The normalized spacial score (nSPS) is 16.5. The number of benzene rings is 1. The van der Waals surface area contributed by atoms with Crippen molar-refractivity contribution in [3.8, 4) is 0 Å². The number of rotatable bonds is 3. The number of carbonyl (C=O) groups is 1. The van der Waals surface area contributed by atoms with Gasteiger partial charge in [-0.1, -0.05) is 36.0 Å². The summed E-state index contributed by atoms with van der Waals surface area (Å²) in [6, 6.07) is 4.69. The van der Waals surface area contributed by atoms with Gasteiger partial charge in [0.1, 0.15) is 0 Å². The Morgan fingerprint density at radius 2 is 2.05 bits per heavy atom. The fourth-order valence-electron chi connectivity index (χ4n) is 2.43. The molecule has 1 fully saturated rings. The molecular weight excluding hydrogens is 292 g/mol. The predicted molar refractivity (Wildman–Crippen MR) is 83.0 cm³/mol. The molecule has 0 saturated heterocycles.